The van der Waals surface area contributed by atoms with Crippen LogP contribution in [0.1, 0.15) is 25.7 Å². The van der Waals surface area contributed by atoms with Crippen molar-refractivity contribution in [1.29, 1.82) is 0 Å². The third-order valence-electron chi connectivity index (χ3n) is 4.58. The Morgan fingerprint density at radius 2 is 2.05 bits per heavy atom. The van der Waals surface area contributed by atoms with E-state index in [1.165, 1.54) is 31.0 Å². The van der Waals surface area contributed by atoms with E-state index in [0.717, 1.165) is 12.8 Å². The lowest BCUT2D eigenvalue weighted by molar-refractivity contribution is 0.0348. The van der Waals surface area contributed by atoms with Gasteiger partial charge in [0.1, 0.15) is 19.8 Å². The summed E-state index contributed by atoms with van der Waals surface area (Å²) in [6.07, 6.45) is 3.52. The van der Waals surface area contributed by atoms with Crippen molar-refractivity contribution in [2.75, 3.05) is 12.4 Å². The molecule has 2 saturated heterocycles. The Bertz CT molecular complexity index is 540. The van der Waals surface area contributed by atoms with E-state index in [4.69, 9.17) is 12.6 Å². The summed E-state index contributed by atoms with van der Waals surface area (Å²) < 4.78 is 18.4. The lowest BCUT2D eigenvalue weighted by Crippen LogP contribution is -2.43. The van der Waals surface area contributed by atoms with E-state index in [0.29, 0.717) is 17.8 Å². The first-order chi connectivity index (χ1) is 10.0. The summed E-state index contributed by atoms with van der Waals surface area (Å²) in [6.45, 7) is 0. The average Bonchev–Trinajstić information content (AvgIpc) is 2.64. The van der Waals surface area contributed by atoms with Gasteiger partial charge in [-0.15, -0.1) is 0 Å². The fraction of sp³-hybridized carbons (Fsp3) is 0.533. The highest BCUT2D eigenvalue weighted by Crippen LogP contribution is 2.35. The second-order valence-corrected chi connectivity index (χ2v) is 5.91. The number of halogens is 1. The number of amides is 1. The van der Waals surface area contributed by atoms with Gasteiger partial charge in [-0.1, -0.05) is 5.46 Å². The average molecular weight is 288 g/mol. The molecule has 2 fully saturated rings. The number of carbonyl (C=O) groups is 1. The normalized spacial score (nSPS) is 28.4. The molecule has 1 unspecified atom stereocenters. The molecule has 0 aromatic heterocycles. The number of hydrogen-bond acceptors (Lipinski definition) is 3. The van der Waals surface area contributed by atoms with E-state index in [1.54, 1.807) is 0 Å². The molecule has 4 nitrogen and oxygen atoms in total. The van der Waals surface area contributed by atoms with Crippen molar-refractivity contribution in [3.05, 3.63) is 24.0 Å². The molecule has 2 aliphatic heterocycles. The summed E-state index contributed by atoms with van der Waals surface area (Å²) in [5, 5.41) is 2.58. The Hall–Kier alpha value is -1.56. The number of carbonyl (C=O) groups excluding carboxylic acids is 1. The summed E-state index contributed by atoms with van der Waals surface area (Å²) in [5.74, 6) is -0.432. The first kappa shape index (κ1) is 14.4. The van der Waals surface area contributed by atoms with Gasteiger partial charge in [-0.2, -0.15) is 0 Å². The summed E-state index contributed by atoms with van der Waals surface area (Å²) in [4.78, 5) is 14.3. The molecule has 0 spiro atoms. The fourth-order valence-electron chi connectivity index (χ4n) is 3.40. The minimum Gasteiger partial charge on any atom is -0.446 e. The van der Waals surface area contributed by atoms with E-state index in [-0.39, 0.29) is 11.6 Å². The molecular weight excluding hydrogens is 270 g/mol. The minimum atomic E-state index is -0.526. The zero-order chi connectivity index (χ0) is 15.0. The molecule has 2 aliphatic rings. The number of hydrogen-bond donors (Lipinski definition) is 1. The Morgan fingerprint density at radius 1 is 1.38 bits per heavy atom. The van der Waals surface area contributed by atoms with E-state index in [2.05, 4.69) is 17.3 Å². The van der Waals surface area contributed by atoms with Crippen LogP contribution in [-0.2, 0) is 4.74 Å². The summed E-state index contributed by atoms with van der Waals surface area (Å²) in [5.41, 5.74) is 0.563. The van der Waals surface area contributed by atoms with Crippen LogP contribution >= 0.6 is 0 Å². The molecule has 1 N–H and O–H groups in total. The third kappa shape index (κ3) is 3.05. The molecule has 1 amide bonds. The van der Waals surface area contributed by atoms with Crippen molar-refractivity contribution >= 4 is 25.1 Å². The van der Waals surface area contributed by atoms with E-state index >= 15 is 0 Å². The molecule has 3 rings (SSSR count). The third-order valence-corrected chi connectivity index (χ3v) is 4.58. The van der Waals surface area contributed by atoms with Crippen molar-refractivity contribution in [2.24, 2.45) is 0 Å². The van der Waals surface area contributed by atoms with Gasteiger partial charge in [-0.25, -0.2) is 9.18 Å². The topological polar surface area (TPSA) is 41.6 Å². The molecule has 21 heavy (non-hydrogen) atoms. The predicted octanol–water partition coefficient (Wildman–Crippen LogP) is 1.79. The number of ether oxygens (including phenoxy) is 1. The maximum atomic E-state index is 13.0. The Morgan fingerprint density at radius 3 is 2.67 bits per heavy atom. The zero-order valence-corrected chi connectivity index (χ0v) is 12.0. The van der Waals surface area contributed by atoms with Crippen LogP contribution < -0.4 is 10.8 Å². The smallest absolute Gasteiger partial charge is 0.411 e. The lowest BCUT2D eigenvalue weighted by Gasteiger charge is -2.35. The Balaban J connectivity index is 1.57. The van der Waals surface area contributed by atoms with E-state index in [9.17, 15) is 9.18 Å². The molecule has 1 aromatic rings. The maximum absolute atomic E-state index is 13.0. The van der Waals surface area contributed by atoms with E-state index < -0.39 is 11.9 Å². The van der Waals surface area contributed by atoms with Crippen LogP contribution in [0.2, 0.25) is 0 Å². The number of rotatable bonds is 2. The molecule has 3 atom stereocenters. The van der Waals surface area contributed by atoms with Gasteiger partial charge in [0.25, 0.3) is 0 Å². The van der Waals surface area contributed by atoms with Gasteiger partial charge in [0.05, 0.1) is 0 Å². The molecule has 6 heteroatoms. The van der Waals surface area contributed by atoms with Crippen LogP contribution in [0.25, 0.3) is 0 Å². The van der Waals surface area contributed by atoms with Crippen molar-refractivity contribution in [3.8, 4) is 0 Å². The van der Waals surface area contributed by atoms with Crippen LogP contribution in [0, 0.1) is 5.82 Å². The van der Waals surface area contributed by atoms with Crippen LogP contribution in [-0.4, -0.2) is 44.1 Å². The fourth-order valence-corrected chi connectivity index (χ4v) is 3.40. The molecule has 1 aromatic carbocycles. The molecule has 110 valence electrons. The quantitative estimate of drug-likeness (QED) is 0.844. The summed E-state index contributed by atoms with van der Waals surface area (Å²) in [7, 11) is 7.79. The van der Waals surface area contributed by atoms with Gasteiger partial charge in [0, 0.05) is 30.6 Å². The van der Waals surface area contributed by atoms with Gasteiger partial charge in [-0.05, 0) is 38.1 Å². The molecular formula is C15H18BFN2O2. The highest BCUT2D eigenvalue weighted by atomic mass is 19.1. The number of nitrogens with zero attached hydrogens (tertiary/aromatic N) is 1. The van der Waals surface area contributed by atoms with Gasteiger partial charge in [0.2, 0.25) is 0 Å². The molecule has 2 bridgehead atoms. The van der Waals surface area contributed by atoms with Crippen LogP contribution in [0.4, 0.5) is 14.9 Å². The SMILES string of the molecule is [B]c1cc(F)ccc1NC(=O)OC1C[C@H]2CC[C@@H](C1)N2C. The number of anilines is 1. The van der Waals surface area contributed by atoms with Crippen LogP contribution in [0.5, 0.6) is 0 Å². The van der Waals surface area contributed by atoms with Crippen molar-refractivity contribution < 1.29 is 13.9 Å². The largest absolute Gasteiger partial charge is 0.446 e. The number of nitrogens with one attached hydrogen (secondary N) is 1. The second kappa shape index (κ2) is 5.68. The number of piperidine rings is 1. The first-order valence-electron chi connectivity index (χ1n) is 7.27. The predicted molar refractivity (Wildman–Crippen MR) is 79.5 cm³/mol. The lowest BCUT2D eigenvalue weighted by atomic mass is 9.94. The van der Waals surface area contributed by atoms with Gasteiger partial charge in [0.15, 0.2) is 0 Å². The molecule has 0 aliphatic carbocycles. The first-order valence-corrected chi connectivity index (χ1v) is 7.27. The standard InChI is InChI=1S/C15H18BFN2O2/c1-19-10-3-4-11(19)8-12(7-10)21-15(20)18-14-5-2-9(17)6-13(14)16/h2,5-6,10-12H,3-4,7-8H2,1H3,(H,18,20)/t10-,11+,12?. The van der Waals surface area contributed by atoms with Crippen LogP contribution in [0.3, 0.4) is 0 Å². The Kier molecular flexibility index (Phi) is 3.89. The zero-order valence-electron chi connectivity index (χ0n) is 12.0. The molecule has 0 saturated carbocycles. The summed E-state index contributed by atoms with van der Waals surface area (Å²) >= 11 is 0. The minimum absolute atomic E-state index is 0.0552. The van der Waals surface area contributed by atoms with Gasteiger partial charge in [-0.3, -0.25) is 5.32 Å². The highest BCUT2D eigenvalue weighted by molar-refractivity contribution is 6.36. The molecule has 2 radical (unpaired) electrons. The monoisotopic (exact) mass is 288 g/mol. The molecule has 2 heterocycles. The van der Waals surface area contributed by atoms with Crippen molar-refractivity contribution in [2.45, 2.75) is 43.9 Å². The van der Waals surface area contributed by atoms with Gasteiger partial charge < -0.3 is 9.64 Å². The number of fused-ring (bicyclic) bond motifs is 2. The van der Waals surface area contributed by atoms with Crippen molar-refractivity contribution in [1.82, 2.24) is 4.90 Å². The summed E-state index contributed by atoms with van der Waals surface area (Å²) in [6, 6.07) is 4.88. The maximum Gasteiger partial charge on any atom is 0.411 e. The van der Waals surface area contributed by atoms with Crippen LogP contribution in [0.15, 0.2) is 18.2 Å². The number of benzene rings is 1. The van der Waals surface area contributed by atoms with Crippen molar-refractivity contribution in [3.63, 3.8) is 0 Å². The van der Waals surface area contributed by atoms with Gasteiger partial charge >= 0.3 is 6.09 Å². The second-order valence-electron chi connectivity index (χ2n) is 5.91. The Labute approximate surface area is 125 Å². The van der Waals surface area contributed by atoms with E-state index in [1.807, 2.05) is 0 Å². The highest BCUT2D eigenvalue weighted by Gasteiger charge is 2.39.